The highest BCUT2D eigenvalue weighted by atomic mass is 16.5. The second-order valence-electron chi connectivity index (χ2n) is 6.26. The van der Waals surface area contributed by atoms with Gasteiger partial charge in [0, 0.05) is 19.5 Å². The Kier molecular flexibility index (Phi) is 7.56. The lowest BCUT2D eigenvalue weighted by molar-refractivity contribution is -0.135. The molecule has 1 fully saturated rings. The molecule has 7 nitrogen and oxygen atoms in total. The van der Waals surface area contributed by atoms with Crippen molar-refractivity contribution >= 4 is 11.8 Å². The Hall–Kier alpha value is -2.44. The maximum absolute atomic E-state index is 12.1. The zero-order chi connectivity index (χ0) is 18.9. The summed E-state index contributed by atoms with van der Waals surface area (Å²) < 4.78 is 16.0. The van der Waals surface area contributed by atoms with Crippen LogP contribution in [0.15, 0.2) is 12.1 Å². The number of hydrogen-bond acceptors (Lipinski definition) is 5. The molecule has 0 atom stereocenters. The van der Waals surface area contributed by atoms with E-state index in [0.29, 0.717) is 43.2 Å². The number of hydrogen-bond donors (Lipinski definition) is 1. The molecule has 1 saturated heterocycles. The highest BCUT2D eigenvalue weighted by Gasteiger charge is 2.19. The van der Waals surface area contributed by atoms with E-state index < -0.39 is 0 Å². The van der Waals surface area contributed by atoms with Crippen molar-refractivity contribution in [3.05, 3.63) is 17.7 Å². The number of nitrogens with one attached hydrogen (secondary N) is 1. The quantitative estimate of drug-likeness (QED) is 0.761. The molecule has 0 saturated carbocycles. The molecule has 0 unspecified atom stereocenters. The maximum Gasteiger partial charge on any atom is 0.239 e. The van der Waals surface area contributed by atoms with Crippen LogP contribution in [0.2, 0.25) is 0 Å². The Bertz CT molecular complexity index is 607. The van der Waals surface area contributed by atoms with E-state index in [2.05, 4.69) is 5.32 Å². The molecular formula is C19H28N2O5. The fourth-order valence-corrected chi connectivity index (χ4v) is 3.06. The molecule has 26 heavy (non-hydrogen) atoms. The number of methoxy groups -OCH3 is 3. The Labute approximate surface area is 154 Å². The van der Waals surface area contributed by atoms with Crippen LogP contribution >= 0.6 is 0 Å². The van der Waals surface area contributed by atoms with Crippen LogP contribution in [0.5, 0.6) is 17.2 Å². The first-order valence-electron chi connectivity index (χ1n) is 8.92. The van der Waals surface area contributed by atoms with Gasteiger partial charge in [0.25, 0.3) is 0 Å². The molecule has 1 heterocycles. The van der Waals surface area contributed by atoms with E-state index in [0.717, 1.165) is 24.8 Å². The monoisotopic (exact) mass is 364 g/mol. The second kappa shape index (κ2) is 9.89. The molecule has 7 heteroatoms. The normalized spacial score (nSPS) is 14.6. The summed E-state index contributed by atoms with van der Waals surface area (Å²) >= 11 is 0. The Morgan fingerprint density at radius 2 is 1.77 bits per heavy atom. The summed E-state index contributed by atoms with van der Waals surface area (Å²) in [6, 6.07) is 3.73. The van der Waals surface area contributed by atoms with E-state index in [1.807, 2.05) is 12.1 Å². The number of likely N-dealkylation sites (tertiary alicyclic amines) is 1. The van der Waals surface area contributed by atoms with Crippen LogP contribution in [0.1, 0.15) is 31.2 Å². The predicted octanol–water partition coefficient (Wildman–Crippen LogP) is 1.77. The molecule has 1 N–H and O–H groups in total. The van der Waals surface area contributed by atoms with Gasteiger partial charge in [-0.3, -0.25) is 9.59 Å². The van der Waals surface area contributed by atoms with Crippen molar-refractivity contribution in [1.29, 1.82) is 0 Å². The molecule has 1 aromatic carbocycles. The van der Waals surface area contributed by atoms with Gasteiger partial charge >= 0.3 is 0 Å². The average Bonchev–Trinajstić information content (AvgIpc) is 2.85. The lowest BCUT2D eigenvalue weighted by Crippen LogP contribution is -2.41. The summed E-state index contributed by atoms with van der Waals surface area (Å²) in [7, 11) is 4.70. The lowest BCUT2D eigenvalue weighted by Gasteiger charge is -2.20. The minimum Gasteiger partial charge on any atom is -0.493 e. The van der Waals surface area contributed by atoms with Crippen molar-refractivity contribution in [1.82, 2.24) is 10.2 Å². The third-order valence-corrected chi connectivity index (χ3v) is 4.47. The summed E-state index contributed by atoms with van der Waals surface area (Å²) in [5, 5.41) is 2.88. The Morgan fingerprint density at radius 1 is 1.08 bits per heavy atom. The van der Waals surface area contributed by atoms with Crippen molar-refractivity contribution in [3.63, 3.8) is 0 Å². The standard InChI is InChI=1S/C19H28N2O5/c1-24-15-11-14(12-16(25-2)19(15)26-3)8-9-20-17(22)13-21-10-6-4-5-7-18(21)23/h11-12H,4-10,13H2,1-3H3,(H,20,22). The van der Waals surface area contributed by atoms with Gasteiger partial charge < -0.3 is 24.4 Å². The van der Waals surface area contributed by atoms with Gasteiger partial charge in [0.2, 0.25) is 17.6 Å². The van der Waals surface area contributed by atoms with Gasteiger partial charge in [-0.2, -0.15) is 0 Å². The van der Waals surface area contributed by atoms with E-state index >= 15 is 0 Å². The minimum atomic E-state index is -0.132. The zero-order valence-electron chi connectivity index (χ0n) is 15.8. The van der Waals surface area contributed by atoms with Gasteiger partial charge in [-0.05, 0) is 37.0 Å². The van der Waals surface area contributed by atoms with Crippen molar-refractivity contribution in [3.8, 4) is 17.2 Å². The molecule has 2 rings (SSSR count). The minimum absolute atomic E-state index is 0.0716. The number of carbonyl (C=O) groups excluding carboxylic acids is 2. The maximum atomic E-state index is 12.1. The molecule has 1 aliphatic rings. The highest BCUT2D eigenvalue weighted by molar-refractivity contribution is 5.84. The van der Waals surface area contributed by atoms with Crippen LogP contribution in [0.3, 0.4) is 0 Å². The predicted molar refractivity (Wildman–Crippen MR) is 97.9 cm³/mol. The molecule has 0 spiro atoms. The first-order chi connectivity index (χ1) is 12.6. The molecule has 0 aromatic heterocycles. The number of nitrogens with zero attached hydrogens (tertiary/aromatic N) is 1. The molecule has 0 bridgehead atoms. The number of carbonyl (C=O) groups is 2. The largest absolute Gasteiger partial charge is 0.493 e. The van der Waals surface area contributed by atoms with E-state index in [4.69, 9.17) is 14.2 Å². The second-order valence-corrected chi connectivity index (χ2v) is 6.26. The van der Waals surface area contributed by atoms with Crippen molar-refractivity contribution in [2.75, 3.05) is 41.0 Å². The van der Waals surface area contributed by atoms with Crippen molar-refractivity contribution in [2.45, 2.75) is 32.1 Å². The third kappa shape index (κ3) is 5.28. The van der Waals surface area contributed by atoms with Gasteiger partial charge in [-0.15, -0.1) is 0 Å². The fourth-order valence-electron chi connectivity index (χ4n) is 3.06. The first kappa shape index (κ1) is 19.9. The summed E-state index contributed by atoms with van der Waals surface area (Å²) in [6.07, 6.45) is 4.09. The SMILES string of the molecule is COc1cc(CCNC(=O)CN2CCCCCC2=O)cc(OC)c1OC. The van der Waals surface area contributed by atoms with Crippen LogP contribution < -0.4 is 19.5 Å². The molecule has 144 valence electrons. The average molecular weight is 364 g/mol. The molecule has 1 aliphatic heterocycles. The van der Waals surface area contributed by atoms with Crippen LogP contribution in [-0.4, -0.2) is 57.7 Å². The van der Waals surface area contributed by atoms with Crippen LogP contribution in [0.4, 0.5) is 0 Å². The third-order valence-electron chi connectivity index (χ3n) is 4.47. The van der Waals surface area contributed by atoms with Crippen LogP contribution in [0.25, 0.3) is 0 Å². The van der Waals surface area contributed by atoms with Gasteiger partial charge in [0.15, 0.2) is 11.5 Å². The first-order valence-corrected chi connectivity index (χ1v) is 8.92. The molecular weight excluding hydrogens is 336 g/mol. The van der Waals surface area contributed by atoms with E-state index in [9.17, 15) is 9.59 Å². The van der Waals surface area contributed by atoms with Gasteiger partial charge in [0.05, 0.1) is 27.9 Å². The summed E-state index contributed by atoms with van der Waals surface area (Å²) in [5.41, 5.74) is 0.964. The van der Waals surface area contributed by atoms with Crippen LogP contribution in [-0.2, 0) is 16.0 Å². The fraction of sp³-hybridized carbons (Fsp3) is 0.579. The van der Waals surface area contributed by atoms with Crippen molar-refractivity contribution in [2.24, 2.45) is 0 Å². The Morgan fingerprint density at radius 3 is 2.38 bits per heavy atom. The molecule has 0 aliphatic carbocycles. The van der Waals surface area contributed by atoms with E-state index in [1.165, 1.54) is 0 Å². The van der Waals surface area contributed by atoms with Gasteiger partial charge in [-0.1, -0.05) is 6.42 Å². The molecule has 2 amide bonds. The smallest absolute Gasteiger partial charge is 0.239 e. The van der Waals surface area contributed by atoms with E-state index in [1.54, 1.807) is 26.2 Å². The lowest BCUT2D eigenvalue weighted by atomic mass is 10.1. The topological polar surface area (TPSA) is 77.1 Å². The number of rotatable bonds is 8. The summed E-state index contributed by atoms with van der Waals surface area (Å²) in [4.78, 5) is 25.7. The van der Waals surface area contributed by atoms with Gasteiger partial charge in [-0.25, -0.2) is 0 Å². The summed E-state index contributed by atoms with van der Waals surface area (Å²) in [5.74, 6) is 1.66. The zero-order valence-corrected chi connectivity index (χ0v) is 15.8. The van der Waals surface area contributed by atoms with Crippen LogP contribution in [0, 0.1) is 0 Å². The van der Waals surface area contributed by atoms with E-state index in [-0.39, 0.29) is 18.4 Å². The number of ether oxygens (including phenoxy) is 3. The highest BCUT2D eigenvalue weighted by Crippen LogP contribution is 2.38. The van der Waals surface area contributed by atoms with Gasteiger partial charge in [0.1, 0.15) is 0 Å². The summed E-state index contributed by atoms with van der Waals surface area (Å²) in [6.45, 7) is 1.27. The Balaban J connectivity index is 1.88. The van der Waals surface area contributed by atoms with Crippen molar-refractivity contribution < 1.29 is 23.8 Å². The number of amides is 2. The molecule has 1 aromatic rings. The number of benzene rings is 1. The molecule has 0 radical (unpaired) electrons.